The van der Waals surface area contributed by atoms with Gasteiger partial charge < -0.3 is 9.73 Å². The van der Waals surface area contributed by atoms with E-state index in [1.165, 1.54) is 22.2 Å². The molecule has 0 radical (unpaired) electrons. The number of amides is 1. The van der Waals surface area contributed by atoms with Crippen molar-refractivity contribution in [2.45, 2.75) is 38.8 Å². The third kappa shape index (κ3) is 3.91. The third-order valence-electron chi connectivity index (χ3n) is 3.84. The molecule has 0 aromatic carbocycles. The van der Waals surface area contributed by atoms with E-state index >= 15 is 0 Å². The molecule has 7 heteroatoms. The van der Waals surface area contributed by atoms with Crippen molar-refractivity contribution in [3.05, 3.63) is 52.3 Å². The van der Waals surface area contributed by atoms with E-state index in [4.69, 9.17) is 4.42 Å². The van der Waals surface area contributed by atoms with Crippen LogP contribution in [0.1, 0.15) is 25.5 Å². The van der Waals surface area contributed by atoms with Crippen LogP contribution in [0.4, 0.5) is 0 Å². The van der Waals surface area contributed by atoms with E-state index in [0.29, 0.717) is 11.9 Å². The minimum absolute atomic E-state index is 0.0526. The number of rotatable bonds is 7. The largest absolute Gasteiger partial charge is 0.469 e. The van der Waals surface area contributed by atoms with E-state index in [-0.39, 0.29) is 23.9 Å². The predicted octanol–water partition coefficient (Wildman–Crippen LogP) is 2.58. The Bertz CT molecular complexity index is 867. The zero-order valence-corrected chi connectivity index (χ0v) is 14.2. The first-order valence-corrected chi connectivity index (χ1v) is 8.76. The summed E-state index contributed by atoms with van der Waals surface area (Å²) in [5, 5.41) is 5.40. The van der Waals surface area contributed by atoms with E-state index in [9.17, 15) is 9.59 Å². The summed E-state index contributed by atoms with van der Waals surface area (Å²) in [6, 6.07) is 5.60. The van der Waals surface area contributed by atoms with Gasteiger partial charge in [0.15, 0.2) is 0 Å². The van der Waals surface area contributed by atoms with Crippen molar-refractivity contribution in [3.63, 3.8) is 0 Å². The fraction of sp³-hybridized carbons (Fsp3) is 0.353. The molecule has 3 aromatic heterocycles. The topological polar surface area (TPSA) is 77.1 Å². The Balaban J connectivity index is 1.49. The molecule has 0 bridgehead atoms. The molecule has 24 heavy (non-hydrogen) atoms. The first-order valence-electron chi connectivity index (χ1n) is 7.88. The van der Waals surface area contributed by atoms with Crippen LogP contribution >= 0.6 is 11.3 Å². The van der Waals surface area contributed by atoms with Crippen molar-refractivity contribution in [2.24, 2.45) is 0 Å². The summed E-state index contributed by atoms with van der Waals surface area (Å²) in [5.74, 6) is 0.844. The molecule has 0 saturated heterocycles. The lowest BCUT2D eigenvalue weighted by Gasteiger charge is -2.13. The number of furan rings is 1. The maximum atomic E-state index is 12.2. The number of carbonyl (C=O) groups is 1. The summed E-state index contributed by atoms with van der Waals surface area (Å²) >= 11 is 1.44. The molecule has 3 aromatic rings. The number of nitrogens with one attached hydrogen (secondary N) is 1. The van der Waals surface area contributed by atoms with Crippen LogP contribution in [0.5, 0.6) is 0 Å². The SMILES string of the molecule is CC(CCc1ccco1)NC(=O)CCn1cnc2sccc2c1=O. The first kappa shape index (κ1) is 16.4. The number of fused-ring (bicyclic) bond motifs is 1. The molecular weight excluding hydrogens is 326 g/mol. The molecule has 1 amide bonds. The maximum absolute atomic E-state index is 12.2. The van der Waals surface area contributed by atoms with Gasteiger partial charge in [0.1, 0.15) is 10.6 Å². The zero-order valence-electron chi connectivity index (χ0n) is 13.4. The van der Waals surface area contributed by atoms with Gasteiger partial charge in [-0.1, -0.05) is 0 Å². The summed E-state index contributed by atoms with van der Waals surface area (Å²) in [6.45, 7) is 2.29. The fourth-order valence-corrected chi connectivity index (χ4v) is 3.23. The quantitative estimate of drug-likeness (QED) is 0.714. The Labute approximate surface area is 143 Å². The van der Waals surface area contributed by atoms with Crippen LogP contribution in [0.15, 0.2) is 45.4 Å². The van der Waals surface area contributed by atoms with Crippen LogP contribution in [0, 0.1) is 0 Å². The van der Waals surface area contributed by atoms with E-state index in [2.05, 4.69) is 10.3 Å². The van der Waals surface area contributed by atoms with Gasteiger partial charge in [0.25, 0.3) is 5.56 Å². The fourth-order valence-electron chi connectivity index (χ4n) is 2.51. The Kier molecular flexibility index (Phi) is 5.10. The highest BCUT2D eigenvalue weighted by molar-refractivity contribution is 7.16. The van der Waals surface area contributed by atoms with Gasteiger partial charge in [0.05, 0.1) is 18.0 Å². The van der Waals surface area contributed by atoms with Crippen LogP contribution in [0.25, 0.3) is 10.2 Å². The number of aryl methyl sites for hydroxylation is 2. The normalized spacial score (nSPS) is 12.4. The molecule has 3 rings (SSSR count). The highest BCUT2D eigenvalue weighted by Gasteiger charge is 2.10. The summed E-state index contributed by atoms with van der Waals surface area (Å²) in [7, 11) is 0. The monoisotopic (exact) mass is 345 g/mol. The molecule has 0 fully saturated rings. The van der Waals surface area contributed by atoms with E-state index in [1.54, 1.807) is 12.3 Å². The van der Waals surface area contributed by atoms with E-state index in [0.717, 1.165) is 23.4 Å². The molecule has 0 spiro atoms. The highest BCUT2D eigenvalue weighted by atomic mass is 32.1. The van der Waals surface area contributed by atoms with Gasteiger partial charge in [0, 0.05) is 25.4 Å². The minimum Gasteiger partial charge on any atom is -0.469 e. The maximum Gasteiger partial charge on any atom is 0.262 e. The summed E-state index contributed by atoms with van der Waals surface area (Å²) in [4.78, 5) is 29.3. The summed E-state index contributed by atoms with van der Waals surface area (Å²) < 4.78 is 6.77. The van der Waals surface area contributed by atoms with Crippen LogP contribution in [0.2, 0.25) is 0 Å². The summed E-state index contributed by atoms with van der Waals surface area (Å²) in [5.41, 5.74) is -0.0973. The standard InChI is InChI=1S/C17H19N3O3S/c1-12(4-5-13-3-2-9-23-13)19-15(21)6-8-20-11-18-16-14(17(20)22)7-10-24-16/h2-3,7,9-12H,4-6,8H2,1H3,(H,19,21). The average Bonchev–Trinajstić information content (AvgIpc) is 3.24. The number of thiophene rings is 1. The second-order valence-electron chi connectivity index (χ2n) is 5.72. The lowest BCUT2D eigenvalue weighted by Crippen LogP contribution is -2.34. The second-order valence-corrected chi connectivity index (χ2v) is 6.61. The highest BCUT2D eigenvalue weighted by Crippen LogP contribution is 2.13. The lowest BCUT2D eigenvalue weighted by molar-refractivity contribution is -0.121. The van der Waals surface area contributed by atoms with Crippen molar-refractivity contribution < 1.29 is 9.21 Å². The number of aromatic nitrogens is 2. The number of carbonyl (C=O) groups excluding carboxylic acids is 1. The number of hydrogen-bond donors (Lipinski definition) is 1. The zero-order chi connectivity index (χ0) is 16.9. The second kappa shape index (κ2) is 7.44. The number of hydrogen-bond acceptors (Lipinski definition) is 5. The smallest absolute Gasteiger partial charge is 0.262 e. The molecule has 3 heterocycles. The van der Waals surface area contributed by atoms with Gasteiger partial charge in [-0.25, -0.2) is 4.98 Å². The molecule has 1 N–H and O–H groups in total. The minimum atomic E-state index is -0.0973. The Morgan fingerprint density at radius 2 is 2.33 bits per heavy atom. The molecule has 1 unspecified atom stereocenters. The molecule has 0 saturated carbocycles. The van der Waals surface area contributed by atoms with Gasteiger partial charge >= 0.3 is 0 Å². The Hall–Kier alpha value is -2.41. The van der Waals surface area contributed by atoms with Crippen molar-refractivity contribution in [1.82, 2.24) is 14.9 Å². The van der Waals surface area contributed by atoms with Crippen LogP contribution in [0.3, 0.4) is 0 Å². The Morgan fingerprint density at radius 3 is 3.12 bits per heavy atom. The van der Waals surface area contributed by atoms with Gasteiger partial charge in [-0.2, -0.15) is 0 Å². The Morgan fingerprint density at radius 1 is 1.46 bits per heavy atom. The van der Waals surface area contributed by atoms with Crippen LogP contribution in [-0.2, 0) is 17.8 Å². The van der Waals surface area contributed by atoms with Crippen molar-refractivity contribution in [1.29, 1.82) is 0 Å². The first-order chi connectivity index (χ1) is 11.6. The average molecular weight is 345 g/mol. The summed E-state index contributed by atoms with van der Waals surface area (Å²) in [6.07, 6.45) is 5.00. The molecular formula is C17H19N3O3S. The molecule has 0 aliphatic carbocycles. The van der Waals surface area contributed by atoms with Crippen molar-refractivity contribution in [3.8, 4) is 0 Å². The van der Waals surface area contributed by atoms with Gasteiger partial charge in [0.2, 0.25) is 5.91 Å². The third-order valence-corrected chi connectivity index (χ3v) is 4.66. The molecule has 1 atom stereocenters. The van der Waals surface area contributed by atoms with Crippen LogP contribution in [-0.4, -0.2) is 21.5 Å². The van der Waals surface area contributed by atoms with Gasteiger partial charge in [-0.3, -0.25) is 14.2 Å². The number of nitrogens with zero attached hydrogens (tertiary/aromatic N) is 2. The molecule has 6 nitrogen and oxygen atoms in total. The van der Waals surface area contributed by atoms with Crippen molar-refractivity contribution in [2.75, 3.05) is 0 Å². The van der Waals surface area contributed by atoms with Crippen LogP contribution < -0.4 is 10.9 Å². The molecule has 0 aliphatic rings. The van der Waals surface area contributed by atoms with E-state index < -0.39 is 0 Å². The van der Waals surface area contributed by atoms with Crippen molar-refractivity contribution >= 4 is 27.5 Å². The molecule has 126 valence electrons. The predicted molar refractivity (Wildman–Crippen MR) is 93.1 cm³/mol. The van der Waals surface area contributed by atoms with E-state index in [1.807, 2.05) is 24.4 Å². The lowest BCUT2D eigenvalue weighted by atomic mass is 10.1. The van der Waals surface area contributed by atoms with Gasteiger partial charge in [-0.15, -0.1) is 11.3 Å². The molecule has 0 aliphatic heterocycles. The van der Waals surface area contributed by atoms with Gasteiger partial charge in [-0.05, 0) is 36.9 Å².